The van der Waals surface area contributed by atoms with Gasteiger partial charge in [-0.05, 0) is 49.9 Å². The number of aromatic nitrogens is 2. The third-order valence-electron chi connectivity index (χ3n) is 5.14. The number of benzene rings is 1. The number of pyridine rings is 1. The molecule has 1 fully saturated rings. The number of piperidine rings is 1. The molecule has 1 saturated heterocycles. The van der Waals surface area contributed by atoms with E-state index in [1.54, 1.807) is 0 Å². The molecule has 0 spiro atoms. The van der Waals surface area contributed by atoms with Crippen LogP contribution in [0.1, 0.15) is 30.4 Å². The first kappa shape index (κ1) is 17.4. The molecule has 26 heavy (non-hydrogen) atoms. The summed E-state index contributed by atoms with van der Waals surface area (Å²) in [7, 11) is 0. The van der Waals surface area contributed by atoms with Gasteiger partial charge in [-0.3, -0.25) is 0 Å². The first-order valence-electron chi connectivity index (χ1n) is 9.47. The summed E-state index contributed by atoms with van der Waals surface area (Å²) in [6.07, 6.45) is 6.91. The highest BCUT2D eigenvalue weighted by Gasteiger charge is 2.16. The number of fused-ring (bicyclic) bond motifs is 1. The molecule has 0 atom stereocenters. The van der Waals surface area contributed by atoms with Crippen molar-refractivity contribution in [2.24, 2.45) is 0 Å². The van der Waals surface area contributed by atoms with E-state index in [4.69, 9.17) is 11.6 Å². The van der Waals surface area contributed by atoms with Crippen molar-refractivity contribution < 1.29 is 0 Å². The molecule has 0 amide bonds. The normalized spacial score (nSPS) is 14.9. The van der Waals surface area contributed by atoms with Gasteiger partial charge < -0.3 is 15.2 Å². The molecular weight excluding hydrogens is 344 g/mol. The molecule has 1 aliphatic heterocycles. The highest BCUT2D eigenvalue weighted by atomic mass is 35.5. The number of para-hydroxylation sites is 1. The zero-order valence-corrected chi connectivity index (χ0v) is 15.7. The van der Waals surface area contributed by atoms with E-state index in [-0.39, 0.29) is 0 Å². The van der Waals surface area contributed by atoms with Gasteiger partial charge in [-0.15, -0.1) is 0 Å². The first-order chi connectivity index (χ1) is 12.8. The Balaban J connectivity index is 1.38. The van der Waals surface area contributed by atoms with Crippen LogP contribution >= 0.6 is 11.6 Å². The average Bonchev–Trinajstić information content (AvgIpc) is 3.10. The lowest BCUT2D eigenvalue weighted by molar-refractivity contribution is 0.569. The van der Waals surface area contributed by atoms with Crippen molar-refractivity contribution >= 4 is 28.3 Å². The molecular formula is C21H25ClN4. The minimum atomic E-state index is 0.577. The first-order valence-corrected chi connectivity index (χ1v) is 9.85. The van der Waals surface area contributed by atoms with Gasteiger partial charge in [0, 0.05) is 42.3 Å². The van der Waals surface area contributed by atoms with E-state index in [1.165, 1.54) is 41.3 Å². The van der Waals surface area contributed by atoms with E-state index >= 15 is 0 Å². The zero-order chi connectivity index (χ0) is 17.8. The molecule has 1 aromatic carbocycles. The summed E-state index contributed by atoms with van der Waals surface area (Å²) >= 11 is 6.16. The van der Waals surface area contributed by atoms with Crippen LogP contribution in [0, 0.1) is 0 Å². The molecule has 1 aliphatic rings. The van der Waals surface area contributed by atoms with Gasteiger partial charge in [-0.25, -0.2) is 4.98 Å². The van der Waals surface area contributed by atoms with E-state index in [0.717, 1.165) is 38.4 Å². The minimum Gasteiger partial charge on any atom is -0.361 e. The molecule has 0 unspecified atom stereocenters. The number of hydrogen-bond acceptors (Lipinski definition) is 3. The Morgan fingerprint density at radius 2 is 1.88 bits per heavy atom. The van der Waals surface area contributed by atoms with Crippen LogP contribution in [0.15, 0.2) is 42.6 Å². The van der Waals surface area contributed by atoms with Crippen LogP contribution in [0.3, 0.4) is 0 Å². The predicted molar refractivity (Wildman–Crippen MR) is 109 cm³/mol. The Morgan fingerprint density at radius 1 is 1.04 bits per heavy atom. The Kier molecular flexibility index (Phi) is 5.42. The Labute approximate surface area is 159 Å². The van der Waals surface area contributed by atoms with Crippen molar-refractivity contribution in [3.05, 3.63) is 58.9 Å². The summed E-state index contributed by atoms with van der Waals surface area (Å²) in [6.45, 7) is 3.91. The molecule has 136 valence electrons. The summed E-state index contributed by atoms with van der Waals surface area (Å²) in [5.41, 5.74) is 3.80. The van der Waals surface area contributed by atoms with Gasteiger partial charge in [0.05, 0.1) is 0 Å². The van der Waals surface area contributed by atoms with E-state index in [0.29, 0.717) is 5.15 Å². The van der Waals surface area contributed by atoms with Crippen molar-refractivity contribution in [2.75, 3.05) is 24.5 Å². The number of hydrogen-bond donors (Lipinski definition) is 2. The number of aromatic amines is 1. The quantitative estimate of drug-likeness (QED) is 0.496. The van der Waals surface area contributed by atoms with E-state index in [2.05, 4.69) is 56.7 Å². The van der Waals surface area contributed by atoms with Gasteiger partial charge in [0.15, 0.2) is 0 Å². The van der Waals surface area contributed by atoms with Gasteiger partial charge >= 0.3 is 0 Å². The number of rotatable bonds is 6. The molecule has 3 aromatic rings. The molecule has 0 bridgehead atoms. The summed E-state index contributed by atoms with van der Waals surface area (Å²) in [6, 6.07) is 12.5. The van der Waals surface area contributed by atoms with E-state index in [1.807, 2.05) is 6.07 Å². The van der Waals surface area contributed by atoms with Gasteiger partial charge in [-0.2, -0.15) is 0 Å². The molecule has 2 aromatic heterocycles. The van der Waals surface area contributed by atoms with Crippen LogP contribution in [-0.2, 0) is 13.0 Å². The smallest absolute Gasteiger partial charge is 0.134 e. The summed E-state index contributed by atoms with van der Waals surface area (Å²) < 4.78 is 0. The lowest BCUT2D eigenvalue weighted by atomic mass is 10.1. The largest absolute Gasteiger partial charge is 0.361 e. The lowest BCUT2D eigenvalue weighted by Crippen LogP contribution is -2.32. The number of halogens is 1. The SMILES string of the molecule is Clc1ccc(CNCCc2c[nH]c3ccccc23)c(N2CCCCC2)n1. The van der Waals surface area contributed by atoms with Crippen LogP contribution in [0.5, 0.6) is 0 Å². The second-order valence-electron chi connectivity index (χ2n) is 6.95. The Morgan fingerprint density at radius 3 is 2.77 bits per heavy atom. The molecule has 4 nitrogen and oxygen atoms in total. The van der Waals surface area contributed by atoms with E-state index in [9.17, 15) is 0 Å². The minimum absolute atomic E-state index is 0.577. The topological polar surface area (TPSA) is 44.0 Å². The summed E-state index contributed by atoms with van der Waals surface area (Å²) in [4.78, 5) is 10.3. The fourth-order valence-corrected chi connectivity index (χ4v) is 3.90. The van der Waals surface area contributed by atoms with Crippen LogP contribution in [0.4, 0.5) is 5.82 Å². The van der Waals surface area contributed by atoms with Crippen LogP contribution < -0.4 is 10.2 Å². The van der Waals surface area contributed by atoms with Crippen molar-refractivity contribution in [1.29, 1.82) is 0 Å². The van der Waals surface area contributed by atoms with Gasteiger partial charge in [-0.1, -0.05) is 35.9 Å². The molecule has 4 rings (SSSR count). The zero-order valence-electron chi connectivity index (χ0n) is 15.0. The maximum Gasteiger partial charge on any atom is 0.134 e. The average molecular weight is 369 g/mol. The summed E-state index contributed by atoms with van der Waals surface area (Å²) in [5.74, 6) is 1.05. The van der Waals surface area contributed by atoms with E-state index < -0.39 is 0 Å². The third-order valence-corrected chi connectivity index (χ3v) is 5.35. The second kappa shape index (κ2) is 8.11. The van der Waals surface area contributed by atoms with Crippen molar-refractivity contribution in [3.63, 3.8) is 0 Å². The number of H-pyrrole nitrogens is 1. The maximum atomic E-state index is 6.16. The van der Waals surface area contributed by atoms with Crippen LogP contribution in [-0.4, -0.2) is 29.6 Å². The highest BCUT2D eigenvalue weighted by molar-refractivity contribution is 6.29. The monoisotopic (exact) mass is 368 g/mol. The fraction of sp³-hybridized carbons (Fsp3) is 0.381. The molecule has 5 heteroatoms. The molecule has 0 radical (unpaired) electrons. The summed E-state index contributed by atoms with van der Waals surface area (Å²) in [5, 5.41) is 5.47. The van der Waals surface area contributed by atoms with Crippen molar-refractivity contribution in [2.45, 2.75) is 32.2 Å². The number of anilines is 1. The highest BCUT2D eigenvalue weighted by Crippen LogP contribution is 2.24. The molecule has 3 heterocycles. The van der Waals surface area contributed by atoms with Gasteiger partial charge in [0.2, 0.25) is 0 Å². The Bertz CT molecular complexity index is 867. The Hall–Kier alpha value is -2.04. The maximum absolute atomic E-state index is 6.16. The molecule has 0 aliphatic carbocycles. The molecule has 2 N–H and O–H groups in total. The van der Waals surface area contributed by atoms with Crippen LogP contribution in [0.2, 0.25) is 5.15 Å². The fourth-order valence-electron chi connectivity index (χ4n) is 3.76. The van der Waals surface area contributed by atoms with Crippen molar-refractivity contribution in [1.82, 2.24) is 15.3 Å². The predicted octanol–water partition coefficient (Wildman–Crippen LogP) is 4.54. The lowest BCUT2D eigenvalue weighted by Gasteiger charge is -2.29. The van der Waals surface area contributed by atoms with Gasteiger partial charge in [0.1, 0.15) is 11.0 Å². The standard InChI is InChI=1S/C21H25ClN4/c22-20-9-8-17(21(25-20)26-12-4-1-5-13-26)14-23-11-10-16-15-24-19-7-3-2-6-18(16)19/h2-3,6-9,15,23-24H,1,4-5,10-14H2. The number of nitrogens with one attached hydrogen (secondary N) is 2. The third kappa shape index (κ3) is 3.87. The number of nitrogens with zero attached hydrogens (tertiary/aromatic N) is 2. The van der Waals surface area contributed by atoms with Crippen LogP contribution in [0.25, 0.3) is 10.9 Å². The molecule has 0 saturated carbocycles. The van der Waals surface area contributed by atoms with Crippen molar-refractivity contribution in [3.8, 4) is 0 Å². The second-order valence-corrected chi connectivity index (χ2v) is 7.34. The van der Waals surface area contributed by atoms with Gasteiger partial charge in [0.25, 0.3) is 0 Å².